The number of carbonyl (C=O) groups excluding carboxylic acids is 1. The maximum atomic E-state index is 11.7. The molecule has 0 radical (unpaired) electrons. The Morgan fingerprint density at radius 1 is 1.40 bits per heavy atom. The Morgan fingerprint density at radius 3 is 2.67 bits per heavy atom. The Labute approximate surface area is 91.0 Å². The molecule has 1 saturated carbocycles. The molecule has 2 rings (SSSR count). The second-order valence-corrected chi connectivity index (χ2v) is 4.74. The zero-order valence-corrected chi connectivity index (χ0v) is 9.40. The van der Waals surface area contributed by atoms with E-state index in [1.807, 2.05) is 12.2 Å². The summed E-state index contributed by atoms with van der Waals surface area (Å²) in [5.74, 6) is 0.436. The van der Waals surface area contributed by atoms with Gasteiger partial charge in [0, 0.05) is 5.41 Å². The molecular weight excluding hydrogens is 188 g/mol. The zero-order chi connectivity index (χ0) is 10.9. The van der Waals surface area contributed by atoms with Crippen molar-refractivity contribution in [3.8, 4) is 0 Å². The highest BCUT2D eigenvalue weighted by Crippen LogP contribution is 2.49. The number of carbonyl (C=O) groups is 1. The Hall–Kier alpha value is -1.05. The number of rotatable bonds is 2. The topological polar surface area (TPSA) is 26.3 Å². The molecule has 0 aromatic carbocycles. The number of allylic oxidation sites excluding steroid dienone is 3. The van der Waals surface area contributed by atoms with E-state index < -0.39 is 0 Å². The maximum Gasteiger partial charge on any atom is 0.313 e. The fourth-order valence-corrected chi connectivity index (χ4v) is 2.63. The monoisotopic (exact) mass is 206 g/mol. The highest BCUT2D eigenvalue weighted by Gasteiger charge is 2.45. The maximum absolute atomic E-state index is 11.7. The molecule has 1 fully saturated rings. The highest BCUT2D eigenvalue weighted by molar-refractivity contribution is 5.76. The summed E-state index contributed by atoms with van der Waals surface area (Å²) in [5, 5.41) is 0. The minimum atomic E-state index is -0.106. The summed E-state index contributed by atoms with van der Waals surface area (Å²) in [5.41, 5.74) is -0.0277. The Morgan fingerprint density at radius 2 is 2.13 bits per heavy atom. The van der Waals surface area contributed by atoms with E-state index >= 15 is 0 Å². The molecule has 0 aromatic rings. The van der Waals surface area contributed by atoms with Crippen LogP contribution in [0, 0.1) is 17.3 Å². The highest BCUT2D eigenvalue weighted by atomic mass is 16.5. The largest absolute Gasteiger partial charge is 0.469 e. The van der Waals surface area contributed by atoms with Gasteiger partial charge in [0.2, 0.25) is 0 Å². The Bertz CT molecular complexity index is 312. The van der Waals surface area contributed by atoms with Crippen molar-refractivity contribution in [2.75, 3.05) is 7.11 Å². The van der Waals surface area contributed by atoms with Crippen LogP contribution in [0.15, 0.2) is 24.3 Å². The molecule has 0 spiro atoms. The third kappa shape index (κ3) is 1.62. The average molecular weight is 206 g/mol. The zero-order valence-electron chi connectivity index (χ0n) is 9.40. The van der Waals surface area contributed by atoms with Gasteiger partial charge < -0.3 is 4.74 Å². The van der Waals surface area contributed by atoms with Crippen LogP contribution < -0.4 is 0 Å². The van der Waals surface area contributed by atoms with Crippen LogP contribution >= 0.6 is 0 Å². The van der Waals surface area contributed by atoms with Crippen molar-refractivity contribution in [1.82, 2.24) is 0 Å². The first-order valence-corrected chi connectivity index (χ1v) is 5.62. The van der Waals surface area contributed by atoms with E-state index in [0.717, 1.165) is 0 Å². The van der Waals surface area contributed by atoms with Crippen LogP contribution in [0.2, 0.25) is 0 Å². The van der Waals surface area contributed by atoms with Crippen LogP contribution in [0.3, 0.4) is 0 Å². The van der Waals surface area contributed by atoms with Gasteiger partial charge in [-0.2, -0.15) is 0 Å². The van der Waals surface area contributed by atoms with Gasteiger partial charge in [-0.15, -0.1) is 0 Å². The SMILES string of the molecule is COC(=O)C1C=CC=CC1(C)C1CCC1. The predicted octanol–water partition coefficient (Wildman–Crippen LogP) is 2.71. The van der Waals surface area contributed by atoms with Crippen LogP contribution in [-0.4, -0.2) is 13.1 Å². The summed E-state index contributed by atoms with van der Waals surface area (Å²) in [6, 6.07) is 0. The summed E-state index contributed by atoms with van der Waals surface area (Å²) < 4.78 is 4.88. The summed E-state index contributed by atoms with van der Waals surface area (Å²) in [6.07, 6.45) is 11.9. The van der Waals surface area contributed by atoms with Gasteiger partial charge in [0.1, 0.15) is 0 Å². The van der Waals surface area contributed by atoms with Gasteiger partial charge in [-0.3, -0.25) is 4.79 Å². The van der Waals surface area contributed by atoms with Crippen molar-refractivity contribution in [1.29, 1.82) is 0 Å². The lowest BCUT2D eigenvalue weighted by Gasteiger charge is -2.45. The van der Waals surface area contributed by atoms with Crippen molar-refractivity contribution in [2.24, 2.45) is 17.3 Å². The molecule has 82 valence electrons. The number of esters is 1. The molecule has 2 unspecified atom stereocenters. The summed E-state index contributed by atoms with van der Waals surface area (Å²) in [6.45, 7) is 2.18. The second kappa shape index (κ2) is 3.84. The standard InChI is InChI=1S/C13H18O2/c1-13(10-6-5-7-10)9-4-3-8-11(13)12(14)15-2/h3-4,8-11H,5-7H2,1-2H3. The molecule has 0 saturated heterocycles. The van der Waals surface area contributed by atoms with Gasteiger partial charge in [0.15, 0.2) is 0 Å². The van der Waals surface area contributed by atoms with Crippen LogP contribution in [0.1, 0.15) is 26.2 Å². The number of ether oxygens (including phenoxy) is 1. The first kappa shape index (κ1) is 10.5. The van der Waals surface area contributed by atoms with Gasteiger partial charge in [0.05, 0.1) is 13.0 Å². The van der Waals surface area contributed by atoms with Crippen LogP contribution in [0.5, 0.6) is 0 Å². The van der Waals surface area contributed by atoms with Gasteiger partial charge in [-0.1, -0.05) is 37.6 Å². The summed E-state index contributed by atoms with van der Waals surface area (Å²) >= 11 is 0. The van der Waals surface area contributed by atoms with Crippen LogP contribution in [0.25, 0.3) is 0 Å². The van der Waals surface area contributed by atoms with E-state index in [0.29, 0.717) is 5.92 Å². The minimum absolute atomic E-state index is 0.0277. The van der Waals surface area contributed by atoms with Gasteiger partial charge >= 0.3 is 5.97 Å². The molecule has 0 heterocycles. The van der Waals surface area contributed by atoms with Gasteiger partial charge in [-0.25, -0.2) is 0 Å². The molecule has 2 aliphatic rings. The molecule has 0 amide bonds. The molecule has 2 heteroatoms. The van der Waals surface area contributed by atoms with E-state index in [1.54, 1.807) is 0 Å². The number of methoxy groups -OCH3 is 1. The first-order valence-electron chi connectivity index (χ1n) is 5.62. The Balaban J connectivity index is 2.23. The Kier molecular flexibility index (Phi) is 2.68. The van der Waals surface area contributed by atoms with E-state index in [1.165, 1.54) is 26.4 Å². The normalized spacial score (nSPS) is 34.9. The van der Waals surface area contributed by atoms with Gasteiger partial charge in [-0.05, 0) is 18.8 Å². The second-order valence-electron chi connectivity index (χ2n) is 4.74. The number of hydrogen-bond donors (Lipinski definition) is 0. The fraction of sp³-hybridized carbons (Fsp3) is 0.615. The van der Waals surface area contributed by atoms with Crippen molar-refractivity contribution in [3.63, 3.8) is 0 Å². The van der Waals surface area contributed by atoms with Gasteiger partial charge in [0.25, 0.3) is 0 Å². The third-order valence-corrected chi connectivity index (χ3v) is 3.98. The molecule has 2 atom stereocenters. The molecule has 0 bridgehead atoms. The lowest BCUT2D eigenvalue weighted by Crippen LogP contribution is -2.41. The van der Waals surface area contributed by atoms with E-state index in [-0.39, 0.29) is 17.3 Å². The molecule has 2 aliphatic carbocycles. The fourth-order valence-electron chi connectivity index (χ4n) is 2.63. The third-order valence-electron chi connectivity index (χ3n) is 3.98. The van der Waals surface area contributed by atoms with Crippen LogP contribution in [-0.2, 0) is 9.53 Å². The lowest BCUT2D eigenvalue weighted by atomic mass is 9.59. The first-order chi connectivity index (χ1) is 7.18. The number of hydrogen-bond acceptors (Lipinski definition) is 2. The van der Waals surface area contributed by atoms with E-state index in [4.69, 9.17) is 4.74 Å². The average Bonchev–Trinajstić information content (AvgIpc) is 2.14. The molecule has 0 N–H and O–H groups in total. The minimum Gasteiger partial charge on any atom is -0.469 e. The summed E-state index contributed by atoms with van der Waals surface area (Å²) in [7, 11) is 1.47. The molecule has 15 heavy (non-hydrogen) atoms. The molecule has 2 nitrogen and oxygen atoms in total. The lowest BCUT2D eigenvalue weighted by molar-refractivity contribution is -0.148. The molecule has 0 aliphatic heterocycles. The van der Waals surface area contributed by atoms with E-state index in [2.05, 4.69) is 19.1 Å². The smallest absolute Gasteiger partial charge is 0.313 e. The van der Waals surface area contributed by atoms with Crippen LogP contribution in [0.4, 0.5) is 0 Å². The van der Waals surface area contributed by atoms with Crippen molar-refractivity contribution in [2.45, 2.75) is 26.2 Å². The van der Waals surface area contributed by atoms with Crippen molar-refractivity contribution < 1.29 is 9.53 Å². The predicted molar refractivity (Wildman–Crippen MR) is 59.2 cm³/mol. The molecular formula is C13H18O2. The quantitative estimate of drug-likeness (QED) is 0.649. The summed E-state index contributed by atoms with van der Waals surface area (Å²) in [4.78, 5) is 11.7. The van der Waals surface area contributed by atoms with E-state index in [9.17, 15) is 4.79 Å². The molecule has 0 aromatic heterocycles. The van der Waals surface area contributed by atoms with Crippen molar-refractivity contribution >= 4 is 5.97 Å². The van der Waals surface area contributed by atoms with Crippen molar-refractivity contribution in [3.05, 3.63) is 24.3 Å².